The minimum Gasteiger partial charge on any atom is -0.307 e. The summed E-state index contributed by atoms with van der Waals surface area (Å²) < 4.78 is 12.0. The summed E-state index contributed by atoms with van der Waals surface area (Å²) >= 11 is 0. The summed E-state index contributed by atoms with van der Waals surface area (Å²) in [7, 11) is 0. The molecule has 4 aliphatic rings. The molecular formula is C15H24O2. The van der Waals surface area contributed by atoms with Crippen molar-refractivity contribution in [3.05, 3.63) is 0 Å². The Balaban J connectivity index is 1.70. The second-order valence-electron chi connectivity index (χ2n) is 7.76. The maximum atomic E-state index is 5.99. The predicted molar refractivity (Wildman–Crippen MR) is 65.3 cm³/mol. The topological polar surface area (TPSA) is 25.1 Å². The van der Waals surface area contributed by atoms with E-state index in [0.29, 0.717) is 16.7 Å². The first-order valence-corrected chi connectivity index (χ1v) is 7.35. The zero-order chi connectivity index (χ0) is 11.9. The highest BCUT2D eigenvalue weighted by Gasteiger charge is 2.96. The molecule has 17 heavy (non-hydrogen) atoms. The second kappa shape index (κ2) is 2.75. The van der Waals surface area contributed by atoms with E-state index >= 15 is 0 Å². The lowest BCUT2D eigenvalue weighted by molar-refractivity contribution is -0.148. The van der Waals surface area contributed by atoms with Crippen molar-refractivity contribution in [1.82, 2.24) is 0 Å². The number of hydrogen-bond acceptors (Lipinski definition) is 2. The van der Waals surface area contributed by atoms with Crippen LogP contribution in [0.15, 0.2) is 0 Å². The van der Waals surface area contributed by atoms with Gasteiger partial charge in [-0.05, 0) is 30.1 Å². The quantitative estimate of drug-likeness (QED) is 0.646. The molecule has 2 saturated heterocycles. The van der Waals surface area contributed by atoms with E-state index in [-0.39, 0.29) is 11.6 Å². The van der Waals surface area contributed by atoms with Gasteiger partial charge in [0.1, 0.15) is 0 Å². The van der Waals surface area contributed by atoms with Gasteiger partial charge < -0.3 is 9.47 Å². The van der Waals surface area contributed by atoms with Crippen molar-refractivity contribution in [1.29, 1.82) is 0 Å². The Morgan fingerprint density at radius 1 is 0.824 bits per heavy atom. The lowest BCUT2D eigenvalue weighted by Gasteiger charge is -2.48. The monoisotopic (exact) mass is 236 g/mol. The summed E-state index contributed by atoms with van der Waals surface area (Å²) in [6, 6.07) is 0. The van der Waals surface area contributed by atoms with Gasteiger partial charge in [0.05, 0.1) is 0 Å². The van der Waals surface area contributed by atoms with Crippen LogP contribution in [0, 0.1) is 16.7 Å². The Labute approximate surface area is 104 Å². The highest BCUT2D eigenvalue weighted by atomic mass is 17.0. The third-order valence-corrected chi connectivity index (χ3v) is 6.03. The predicted octanol–water partition coefficient (Wildman–Crippen LogP) is 3.85. The Kier molecular flexibility index (Phi) is 1.75. The fraction of sp³-hybridized carbons (Fsp3) is 1.00. The van der Waals surface area contributed by atoms with E-state index in [1.807, 2.05) is 0 Å². The van der Waals surface area contributed by atoms with E-state index in [1.165, 1.54) is 38.5 Å². The van der Waals surface area contributed by atoms with Gasteiger partial charge in [0.25, 0.3) is 0 Å². The lowest BCUT2D eigenvalue weighted by Crippen LogP contribution is -2.46. The van der Waals surface area contributed by atoms with Gasteiger partial charge in [-0.1, -0.05) is 40.0 Å². The van der Waals surface area contributed by atoms with Crippen molar-refractivity contribution < 1.29 is 9.47 Å². The fourth-order valence-electron chi connectivity index (χ4n) is 5.26. The molecule has 2 aliphatic heterocycles. The van der Waals surface area contributed by atoms with Gasteiger partial charge in [-0.15, -0.1) is 0 Å². The van der Waals surface area contributed by atoms with Crippen molar-refractivity contribution in [3.8, 4) is 0 Å². The van der Waals surface area contributed by atoms with Crippen LogP contribution >= 0.6 is 0 Å². The van der Waals surface area contributed by atoms with Crippen LogP contribution in [-0.2, 0) is 9.47 Å². The van der Waals surface area contributed by atoms with Gasteiger partial charge in [-0.25, -0.2) is 0 Å². The molecule has 1 atom stereocenters. The van der Waals surface area contributed by atoms with Gasteiger partial charge in [0.15, 0.2) is 0 Å². The van der Waals surface area contributed by atoms with Crippen molar-refractivity contribution in [2.24, 2.45) is 16.7 Å². The molecule has 0 radical (unpaired) electrons. The molecule has 2 heteroatoms. The van der Waals surface area contributed by atoms with E-state index < -0.39 is 0 Å². The third kappa shape index (κ3) is 1.14. The van der Waals surface area contributed by atoms with Crippen molar-refractivity contribution in [2.75, 3.05) is 0 Å². The maximum absolute atomic E-state index is 5.99. The van der Waals surface area contributed by atoms with Crippen molar-refractivity contribution >= 4 is 0 Å². The zero-order valence-electron chi connectivity index (χ0n) is 11.3. The van der Waals surface area contributed by atoms with Crippen molar-refractivity contribution in [2.45, 2.75) is 77.3 Å². The molecule has 0 aromatic rings. The number of rotatable bonds is 1. The Hall–Kier alpha value is -0.0800. The van der Waals surface area contributed by atoms with Crippen LogP contribution in [0.5, 0.6) is 0 Å². The first kappa shape index (κ1) is 10.8. The van der Waals surface area contributed by atoms with Crippen LogP contribution in [0.4, 0.5) is 0 Å². The number of ether oxygens (including phenoxy) is 2. The smallest absolute Gasteiger partial charge is 0.233 e. The molecule has 2 saturated carbocycles. The molecule has 96 valence electrons. The Bertz CT molecular complexity index is 357. The van der Waals surface area contributed by atoms with Gasteiger partial charge in [0.2, 0.25) is 11.6 Å². The molecule has 0 spiro atoms. The number of epoxide rings is 2. The summed E-state index contributed by atoms with van der Waals surface area (Å²) in [4.78, 5) is 0. The number of hydrogen-bond donors (Lipinski definition) is 0. The van der Waals surface area contributed by atoms with E-state index in [1.54, 1.807) is 0 Å². The summed E-state index contributed by atoms with van der Waals surface area (Å²) in [5, 5.41) is 0. The minimum atomic E-state index is -0.138. The van der Waals surface area contributed by atoms with Crippen LogP contribution in [0.1, 0.15) is 65.7 Å². The Morgan fingerprint density at radius 2 is 1.47 bits per heavy atom. The lowest BCUT2D eigenvalue weighted by atomic mass is 9.54. The second-order valence-corrected chi connectivity index (χ2v) is 7.76. The SMILES string of the molecule is CC1(C)CCC23OC2(O3)C1C1(C)CCCCC1. The van der Waals surface area contributed by atoms with Gasteiger partial charge >= 0.3 is 0 Å². The summed E-state index contributed by atoms with van der Waals surface area (Å²) in [6.45, 7) is 7.35. The van der Waals surface area contributed by atoms with E-state index in [2.05, 4.69) is 20.8 Å². The van der Waals surface area contributed by atoms with Crippen molar-refractivity contribution in [3.63, 3.8) is 0 Å². The van der Waals surface area contributed by atoms with Crippen LogP contribution in [-0.4, -0.2) is 11.6 Å². The summed E-state index contributed by atoms with van der Waals surface area (Å²) in [5.41, 5.74) is 0.822. The molecule has 1 unspecified atom stereocenters. The third-order valence-electron chi connectivity index (χ3n) is 6.03. The molecule has 4 rings (SSSR count). The molecule has 0 bridgehead atoms. The molecule has 2 aliphatic carbocycles. The molecule has 0 aromatic heterocycles. The highest BCUT2D eigenvalue weighted by Crippen LogP contribution is 2.82. The molecule has 0 N–H and O–H groups in total. The molecular weight excluding hydrogens is 212 g/mol. The van der Waals surface area contributed by atoms with Crippen LogP contribution in [0.25, 0.3) is 0 Å². The average molecular weight is 236 g/mol. The highest BCUT2D eigenvalue weighted by molar-refractivity contribution is 5.28. The van der Waals surface area contributed by atoms with Crippen LogP contribution < -0.4 is 0 Å². The maximum Gasteiger partial charge on any atom is 0.233 e. The standard InChI is InChI=1S/C15H24O2/c1-12(2)9-10-14-15(16-14,17-14)11(12)13(3)7-5-4-6-8-13/h11H,4-10H2,1-3H3. The van der Waals surface area contributed by atoms with Gasteiger partial charge in [0, 0.05) is 12.3 Å². The van der Waals surface area contributed by atoms with Crippen LogP contribution in [0.3, 0.4) is 0 Å². The van der Waals surface area contributed by atoms with Gasteiger partial charge in [-0.3, -0.25) is 0 Å². The molecule has 2 nitrogen and oxygen atoms in total. The average Bonchev–Trinajstić information content (AvgIpc) is 3.02. The normalized spacial score (nSPS) is 53.5. The molecule has 2 heterocycles. The molecule has 0 amide bonds. The first-order valence-electron chi connectivity index (χ1n) is 7.35. The largest absolute Gasteiger partial charge is 0.307 e. The fourth-order valence-corrected chi connectivity index (χ4v) is 5.26. The summed E-state index contributed by atoms with van der Waals surface area (Å²) in [6.07, 6.45) is 9.32. The first-order chi connectivity index (χ1) is 7.94. The molecule has 4 fully saturated rings. The Morgan fingerprint density at radius 3 is 2.12 bits per heavy atom. The van der Waals surface area contributed by atoms with E-state index in [0.717, 1.165) is 6.42 Å². The molecule has 0 aromatic carbocycles. The minimum absolute atomic E-state index is 0.104. The van der Waals surface area contributed by atoms with Gasteiger partial charge in [-0.2, -0.15) is 0 Å². The zero-order valence-corrected chi connectivity index (χ0v) is 11.3. The van der Waals surface area contributed by atoms with Crippen LogP contribution in [0.2, 0.25) is 0 Å². The van der Waals surface area contributed by atoms with E-state index in [4.69, 9.17) is 9.47 Å². The van der Waals surface area contributed by atoms with E-state index in [9.17, 15) is 0 Å². The summed E-state index contributed by atoms with van der Waals surface area (Å²) in [5.74, 6) is 0.366.